The summed E-state index contributed by atoms with van der Waals surface area (Å²) in [5.74, 6) is 0. The standard InChI is InChI=1S/C13H24F3NO/c1-5-7-17-10-8-11(12(10,4)6-2)18-9(3)13(14,15)16/h9-11,17H,5-8H2,1-4H3. The molecule has 18 heavy (non-hydrogen) atoms. The summed E-state index contributed by atoms with van der Waals surface area (Å²) in [6.07, 6.45) is -3.72. The van der Waals surface area contributed by atoms with Crippen LogP contribution in [0.5, 0.6) is 0 Å². The molecule has 5 heteroatoms. The number of halogens is 3. The quantitative estimate of drug-likeness (QED) is 0.795. The summed E-state index contributed by atoms with van der Waals surface area (Å²) in [5, 5.41) is 3.39. The molecule has 108 valence electrons. The number of alkyl halides is 3. The van der Waals surface area contributed by atoms with Crippen LogP contribution in [0.4, 0.5) is 13.2 Å². The Kier molecular flexibility index (Phi) is 5.06. The Morgan fingerprint density at radius 2 is 2.00 bits per heavy atom. The van der Waals surface area contributed by atoms with Gasteiger partial charge in [-0.3, -0.25) is 0 Å². The minimum atomic E-state index is -4.27. The molecular weight excluding hydrogens is 243 g/mol. The number of ether oxygens (including phenoxy) is 1. The Bertz CT molecular complexity index is 269. The lowest BCUT2D eigenvalue weighted by atomic mass is 9.61. The number of nitrogens with one attached hydrogen (secondary N) is 1. The summed E-state index contributed by atoms with van der Waals surface area (Å²) in [6.45, 7) is 8.09. The highest BCUT2D eigenvalue weighted by Crippen LogP contribution is 2.47. The van der Waals surface area contributed by atoms with Gasteiger partial charge in [-0.1, -0.05) is 20.8 Å². The fourth-order valence-electron chi connectivity index (χ4n) is 2.46. The zero-order valence-corrected chi connectivity index (χ0v) is 11.6. The highest BCUT2D eigenvalue weighted by atomic mass is 19.4. The minimum absolute atomic E-state index is 0.186. The third-order valence-corrected chi connectivity index (χ3v) is 4.21. The van der Waals surface area contributed by atoms with E-state index >= 15 is 0 Å². The summed E-state index contributed by atoms with van der Waals surface area (Å²) in [5.41, 5.74) is -0.186. The first-order valence-corrected chi connectivity index (χ1v) is 6.71. The van der Waals surface area contributed by atoms with Gasteiger partial charge in [0.1, 0.15) is 0 Å². The van der Waals surface area contributed by atoms with Crippen molar-refractivity contribution in [1.82, 2.24) is 5.32 Å². The molecule has 0 saturated heterocycles. The molecule has 0 aromatic heterocycles. The van der Waals surface area contributed by atoms with Crippen LogP contribution in [0, 0.1) is 5.41 Å². The fourth-order valence-corrected chi connectivity index (χ4v) is 2.46. The van der Waals surface area contributed by atoms with E-state index in [0.29, 0.717) is 6.42 Å². The molecule has 1 N–H and O–H groups in total. The maximum Gasteiger partial charge on any atom is 0.414 e. The van der Waals surface area contributed by atoms with E-state index in [2.05, 4.69) is 12.2 Å². The molecule has 0 heterocycles. The van der Waals surface area contributed by atoms with Crippen molar-refractivity contribution in [3.8, 4) is 0 Å². The van der Waals surface area contributed by atoms with Crippen LogP contribution in [0.15, 0.2) is 0 Å². The van der Waals surface area contributed by atoms with E-state index in [1.807, 2.05) is 13.8 Å². The Morgan fingerprint density at radius 1 is 1.39 bits per heavy atom. The van der Waals surface area contributed by atoms with Crippen molar-refractivity contribution < 1.29 is 17.9 Å². The first-order valence-electron chi connectivity index (χ1n) is 6.71. The Labute approximate surface area is 107 Å². The van der Waals surface area contributed by atoms with Crippen molar-refractivity contribution in [3.05, 3.63) is 0 Å². The first kappa shape index (κ1) is 15.8. The molecule has 1 aliphatic carbocycles. The Hall–Kier alpha value is -0.290. The van der Waals surface area contributed by atoms with Gasteiger partial charge in [-0.2, -0.15) is 13.2 Å². The lowest BCUT2D eigenvalue weighted by Crippen LogP contribution is -2.63. The van der Waals surface area contributed by atoms with Crippen LogP contribution in [-0.4, -0.2) is 31.0 Å². The number of rotatable bonds is 6. The fraction of sp³-hybridized carbons (Fsp3) is 1.00. The maximum atomic E-state index is 12.5. The molecule has 1 rings (SSSR count). The first-order chi connectivity index (χ1) is 8.25. The van der Waals surface area contributed by atoms with E-state index in [0.717, 1.165) is 26.3 Å². The summed E-state index contributed by atoms with van der Waals surface area (Å²) in [6, 6.07) is 0.271. The van der Waals surface area contributed by atoms with E-state index in [1.54, 1.807) is 0 Å². The SMILES string of the molecule is CCCNC1CC(OC(C)C(F)(F)F)C1(C)CC. The monoisotopic (exact) mass is 267 g/mol. The molecule has 0 aromatic carbocycles. The van der Waals surface area contributed by atoms with Crippen molar-refractivity contribution in [1.29, 1.82) is 0 Å². The van der Waals surface area contributed by atoms with Gasteiger partial charge >= 0.3 is 6.18 Å². The van der Waals surface area contributed by atoms with E-state index in [-0.39, 0.29) is 17.6 Å². The Balaban J connectivity index is 2.54. The van der Waals surface area contributed by atoms with Crippen molar-refractivity contribution in [2.24, 2.45) is 5.41 Å². The van der Waals surface area contributed by atoms with Crippen LogP contribution in [0.1, 0.15) is 47.0 Å². The molecule has 0 spiro atoms. The van der Waals surface area contributed by atoms with Crippen LogP contribution in [0.2, 0.25) is 0 Å². The van der Waals surface area contributed by atoms with Gasteiger partial charge in [0, 0.05) is 11.5 Å². The van der Waals surface area contributed by atoms with E-state index in [1.165, 1.54) is 0 Å². The normalized spacial score (nSPS) is 34.2. The molecule has 4 atom stereocenters. The van der Waals surface area contributed by atoms with Crippen LogP contribution >= 0.6 is 0 Å². The summed E-state index contributed by atoms with van der Waals surface area (Å²) < 4.78 is 42.7. The highest BCUT2D eigenvalue weighted by molar-refractivity contribution is 5.05. The second kappa shape index (κ2) is 5.78. The van der Waals surface area contributed by atoms with E-state index in [4.69, 9.17) is 4.74 Å². The van der Waals surface area contributed by atoms with Crippen LogP contribution in [-0.2, 0) is 4.74 Å². The zero-order valence-electron chi connectivity index (χ0n) is 11.6. The summed E-state index contributed by atoms with van der Waals surface area (Å²) >= 11 is 0. The van der Waals surface area contributed by atoms with Crippen molar-refractivity contribution in [2.75, 3.05) is 6.54 Å². The van der Waals surface area contributed by atoms with Gasteiger partial charge in [-0.25, -0.2) is 0 Å². The van der Waals surface area contributed by atoms with Crippen LogP contribution in [0.25, 0.3) is 0 Å². The van der Waals surface area contributed by atoms with E-state index < -0.39 is 12.3 Å². The summed E-state index contributed by atoms with van der Waals surface area (Å²) in [4.78, 5) is 0. The van der Waals surface area contributed by atoms with Gasteiger partial charge in [-0.05, 0) is 32.7 Å². The zero-order chi connectivity index (χ0) is 14.0. The Morgan fingerprint density at radius 3 is 2.44 bits per heavy atom. The van der Waals surface area contributed by atoms with Crippen LogP contribution < -0.4 is 5.32 Å². The smallest absolute Gasteiger partial charge is 0.365 e. The average Bonchev–Trinajstić information content (AvgIpc) is 2.30. The molecule has 0 bridgehead atoms. The molecule has 1 fully saturated rings. The molecule has 0 radical (unpaired) electrons. The minimum Gasteiger partial charge on any atom is -0.365 e. The average molecular weight is 267 g/mol. The molecular formula is C13H24F3NO. The van der Waals surface area contributed by atoms with E-state index in [9.17, 15) is 13.2 Å². The molecule has 2 nitrogen and oxygen atoms in total. The second-order valence-corrected chi connectivity index (χ2v) is 5.41. The van der Waals surface area contributed by atoms with Gasteiger partial charge in [-0.15, -0.1) is 0 Å². The lowest BCUT2D eigenvalue weighted by molar-refractivity contribution is -0.258. The molecule has 0 amide bonds. The maximum absolute atomic E-state index is 12.5. The van der Waals surface area contributed by atoms with Crippen molar-refractivity contribution in [2.45, 2.75) is 71.4 Å². The third kappa shape index (κ3) is 3.18. The number of hydrogen-bond acceptors (Lipinski definition) is 2. The van der Waals surface area contributed by atoms with Crippen LogP contribution in [0.3, 0.4) is 0 Å². The largest absolute Gasteiger partial charge is 0.414 e. The second-order valence-electron chi connectivity index (χ2n) is 5.41. The third-order valence-electron chi connectivity index (χ3n) is 4.21. The predicted molar refractivity (Wildman–Crippen MR) is 65.5 cm³/mol. The topological polar surface area (TPSA) is 21.3 Å². The molecule has 0 aromatic rings. The van der Waals surface area contributed by atoms with Gasteiger partial charge in [0.2, 0.25) is 0 Å². The molecule has 4 unspecified atom stereocenters. The molecule has 0 aliphatic heterocycles. The number of hydrogen-bond donors (Lipinski definition) is 1. The highest BCUT2D eigenvalue weighted by Gasteiger charge is 2.53. The van der Waals surface area contributed by atoms with Gasteiger partial charge in [0.05, 0.1) is 6.10 Å². The summed E-state index contributed by atoms with van der Waals surface area (Å²) in [7, 11) is 0. The lowest BCUT2D eigenvalue weighted by Gasteiger charge is -2.54. The predicted octanol–water partition coefficient (Wildman–Crippen LogP) is 3.51. The molecule has 1 aliphatic rings. The van der Waals surface area contributed by atoms with Gasteiger partial charge in [0.15, 0.2) is 6.10 Å². The van der Waals surface area contributed by atoms with Gasteiger partial charge < -0.3 is 10.1 Å². The van der Waals surface area contributed by atoms with Gasteiger partial charge in [0.25, 0.3) is 0 Å². The van der Waals surface area contributed by atoms with Crippen molar-refractivity contribution in [3.63, 3.8) is 0 Å². The molecule has 1 saturated carbocycles. The van der Waals surface area contributed by atoms with Crippen molar-refractivity contribution >= 4 is 0 Å².